The summed E-state index contributed by atoms with van der Waals surface area (Å²) in [7, 11) is -2.12. The van der Waals surface area contributed by atoms with Gasteiger partial charge in [0.1, 0.15) is 0 Å². The first-order chi connectivity index (χ1) is 17.5. The van der Waals surface area contributed by atoms with Gasteiger partial charge in [0.05, 0.1) is 35.2 Å². The highest BCUT2D eigenvalue weighted by Crippen LogP contribution is 2.18. The number of aryl methyl sites for hydroxylation is 2. The van der Waals surface area contributed by atoms with Gasteiger partial charge in [0, 0.05) is 23.9 Å². The molecule has 224 valence electrons. The molecule has 0 bridgehead atoms. The van der Waals surface area contributed by atoms with Gasteiger partial charge in [0.15, 0.2) is 0 Å². The lowest BCUT2D eigenvalue weighted by molar-refractivity contribution is -0.0172. The monoisotopic (exact) mass is 644 g/mol. The van der Waals surface area contributed by atoms with Crippen LogP contribution in [0.2, 0.25) is 0 Å². The molecule has 13 heteroatoms. The molecule has 2 saturated heterocycles. The van der Waals surface area contributed by atoms with E-state index < -0.39 is 19.2 Å². The zero-order chi connectivity index (χ0) is 27.3. The van der Waals surface area contributed by atoms with Gasteiger partial charge in [0.25, 0.3) is 19.2 Å². The fraction of sp³-hybridized carbons (Fsp3) is 0.538. The van der Waals surface area contributed by atoms with Crippen LogP contribution in [0.1, 0.15) is 49.7 Å². The van der Waals surface area contributed by atoms with Gasteiger partial charge in [-0.15, -0.1) is 0 Å². The number of benzene rings is 2. The molecule has 2 aromatic carbocycles. The molecule has 39 heavy (non-hydrogen) atoms. The van der Waals surface area contributed by atoms with Crippen molar-refractivity contribution in [2.24, 2.45) is 0 Å². The summed E-state index contributed by atoms with van der Waals surface area (Å²) in [5.41, 5.74) is 2.03. The molecule has 8 nitrogen and oxygen atoms in total. The SMILES string of the molecule is Cc1ccc(S(=O)(=O)Cl)cc1.Cc1ccc(S(=O)(=O)OC[C@@H]2CCCCO2)cc1.OC[C@@H]1CCCCO1.S.S. The molecular formula is C26H41ClO8S4. The highest BCUT2D eigenvalue weighted by molar-refractivity contribution is 8.13. The number of hydrogen-bond acceptors (Lipinski definition) is 8. The zero-order valence-electron chi connectivity index (χ0n) is 22.3. The Hall–Kier alpha value is -0.830. The smallest absolute Gasteiger partial charge is 0.297 e. The van der Waals surface area contributed by atoms with Crippen LogP contribution in [0.4, 0.5) is 0 Å². The van der Waals surface area contributed by atoms with Crippen LogP contribution in [0, 0.1) is 13.8 Å². The van der Waals surface area contributed by atoms with Crippen LogP contribution in [0.15, 0.2) is 58.3 Å². The van der Waals surface area contributed by atoms with Crippen LogP contribution in [0.5, 0.6) is 0 Å². The van der Waals surface area contributed by atoms with Crippen molar-refractivity contribution in [3.8, 4) is 0 Å². The maximum atomic E-state index is 11.9. The third-order valence-corrected chi connectivity index (χ3v) is 8.44. The van der Waals surface area contributed by atoms with E-state index in [1.807, 2.05) is 13.8 Å². The standard InChI is InChI=1S/C13H18O4S.C7H7ClO2S.C6H12O2.2H2S/c1-11-5-7-13(8-6-11)18(14,15)17-10-12-4-2-3-9-16-12;1-6-2-4-7(5-3-6)11(8,9)10;7-5-6-3-1-2-4-8-6;;/h5-8,12H,2-4,9-10H2,1H3;2-5H,1H3;6-7H,1-5H2;2*1H2/t12-;;6-;;/m0.0../s1. The molecule has 4 rings (SSSR count). The first-order valence-electron chi connectivity index (χ1n) is 12.3. The predicted molar refractivity (Wildman–Crippen MR) is 164 cm³/mol. The molecule has 2 aromatic rings. The number of rotatable bonds is 6. The molecule has 0 spiro atoms. The zero-order valence-corrected chi connectivity index (χ0v) is 26.7. The normalized spacial score (nSPS) is 19.1. The van der Waals surface area contributed by atoms with E-state index in [-0.39, 0.29) is 62.2 Å². The summed E-state index contributed by atoms with van der Waals surface area (Å²) < 4.78 is 60.9. The first kappa shape index (κ1) is 38.2. The summed E-state index contributed by atoms with van der Waals surface area (Å²) in [6.07, 6.45) is 6.43. The van der Waals surface area contributed by atoms with Crippen molar-refractivity contribution in [2.75, 3.05) is 26.4 Å². The van der Waals surface area contributed by atoms with E-state index in [9.17, 15) is 16.8 Å². The van der Waals surface area contributed by atoms with E-state index in [0.29, 0.717) is 6.61 Å². The molecule has 2 heterocycles. The van der Waals surface area contributed by atoms with Crippen LogP contribution in [-0.2, 0) is 32.8 Å². The fourth-order valence-corrected chi connectivity index (χ4v) is 5.24. The largest absolute Gasteiger partial charge is 0.394 e. The lowest BCUT2D eigenvalue weighted by atomic mass is 10.1. The third-order valence-electron chi connectivity index (χ3n) is 5.77. The van der Waals surface area contributed by atoms with E-state index in [4.69, 9.17) is 29.4 Å². The first-order valence-corrected chi connectivity index (χ1v) is 16.0. The molecular weight excluding hydrogens is 604 g/mol. The van der Waals surface area contributed by atoms with Gasteiger partial charge in [0.2, 0.25) is 0 Å². The van der Waals surface area contributed by atoms with Crippen LogP contribution >= 0.6 is 37.7 Å². The molecule has 0 aromatic heterocycles. The van der Waals surface area contributed by atoms with Crippen molar-refractivity contribution in [3.63, 3.8) is 0 Å². The van der Waals surface area contributed by atoms with Crippen LogP contribution in [-0.4, -0.2) is 60.6 Å². The van der Waals surface area contributed by atoms with Crippen LogP contribution < -0.4 is 0 Å². The molecule has 2 aliphatic heterocycles. The van der Waals surface area contributed by atoms with Crippen LogP contribution in [0.25, 0.3) is 0 Å². The predicted octanol–water partition coefficient (Wildman–Crippen LogP) is 4.97. The summed E-state index contributed by atoms with van der Waals surface area (Å²) >= 11 is 0. The highest BCUT2D eigenvalue weighted by atomic mass is 35.7. The van der Waals surface area contributed by atoms with Gasteiger partial charge in [-0.05, 0) is 76.6 Å². The average molecular weight is 645 g/mol. The van der Waals surface area contributed by atoms with E-state index >= 15 is 0 Å². The topological polar surface area (TPSA) is 116 Å². The molecule has 0 saturated carbocycles. The summed E-state index contributed by atoms with van der Waals surface area (Å²) in [4.78, 5) is 0.341. The molecule has 0 radical (unpaired) electrons. The van der Waals surface area contributed by atoms with E-state index in [1.54, 1.807) is 36.4 Å². The van der Waals surface area contributed by atoms with Crippen molar-refractivity contribution >= 4 is 56.8 Å². The van der Waals surface area contributed by atoms with Crippen LogP contribution in [0.3, 0.4) is 0 Å². The minimum Gasteiger partial charge on any atom is -0.394 e. The van der Waals surface area contributed by atoms with Gasteiger partial charge < -0.3 is 14.6 Å². The second-order valence-corrected chi connectivity index (χ2v) is 13.1. The van der Waals surface area contributed by atoms with Gasteiger partial charge in [-0.3, -0.25) is 4.18 Å². The van der Waals surface area contributed by atoms with E-state index in [1.165, 1.54) is 18.6 Å². The molecule has 1 N–H and O–H groups in total. The quantitative estimate of drug-likeness (QED) is 0.346. The van der Waals surface area contributed by atoms with Gasteiger partial charge >= 0.3 is 0 Å². The van der Waals surface area contributed by atoms with Gasteiger partial charge in [-0.25, -0.2) is 8.42 Å². The lowest BCUT2D eigenvalue weighted by Crippen LogP contribution is -2.26. The molecule has 2 atom stereocenters. The van der Waals surface area contributed by atoms with Crippen molar-refractivity contribution < 1.29 is 35.6 Å². The Bertz CT molecular complexity index is 1130. The Morgan fingerprint density at radius 2 is 1.21 bits per heavy atom. The molecule has 0 amide bonds. The minimum atomic E-state index is -3.66. The summed E-state index contributed by atoms with van der Waals surface area (Å²) in [6, 6.07) is 13.0. The molecule has 0 unspecified atom stereocenters. The van der Waals surface area contributed by atoms with Crippen molar-refractivity contribution in [1.82, 2.24) is 0 Å². The number of ether oxygens (including phenoxy) is 2. The maximum Gasteiger partial charge on any atom is 0.297 e. The summed E-state index contributed by atoms with van der Waals surface area (Å²) in [5, 5.41) is 8.57. The van der Waals surface area contributed by atoms with Gasteiger partial charge in [-0.1, -0.05) is 35.4 Å². The number of aliphatic hydroxyl groups is 1. The summed E-state index contributed by atoms with van der Waals surface area (Å²) in [5.74, 6) is 0. The fourth-order valence-electron chi connectivity index (χ4n) is 3.53. The Kier molecular flexibility index (Phi) is 18.9. The van der Waals surface area contributed by atoms with Crippen molar-refractivity contribution in [3.05, 3.63) is 59.7 Å². The van der Waals surface area contributed by atoms with E-state index in [2.05, 4.69) is 0 Å². The average Bonchev–Trinajstić information content (AvgIpc) is 2.89. The molecule has 2 aliphatic rings. The number of aliphatic hydroxyl groups excluding tert-OH is 1. The minimum absolute atomic E-state index is 0. The van der Waals surface area contributed by atoms with Gasteiger partial charge in [-0.2, -0.15) is 35.4 Å². The Balaban J connectivity index is 0.000000591. The number of halogens is 1. The van der Waals surface area contributed by atoms with E-state index in [0.717, 1.165) is 49.8 Å². The molecule has 0 aliphatic carbocycles. The summed E-state index contributed by atoms with van der Waals surface area (Å²) in [6.45, 7) is 5.62. The molecule has 2 fully saturated rings. The highest BCUT2D eigenvalue weighted by Gasteiger charge is 2.20. The lowest BCUT2D eigenvalue weighted by Gasteiger charge is -2.21. The Morgan fingerprint density at radius 1 is 0.769 bits per heavy atom. The number of hydrogen-bond donors (Lipinski definition) is 1. The second kappa shape index (κ2) is 19.3. The third kappa shape index (κ3) is 15.1. The van der Waals surface area contributed by atoms with Crippen molar-refractivity contribution in [2.45, 2.75) is 74.4 Å². The second-order valence-electron chi connectivity index (χ2n) is 8.96. The Morgan fingerprint density at radius 3 is 1.56 bits per heavy atom. The Labute approximate surface area is 251 Å². The maximum absolute atomic E-state index is 11.9. The van der Waals surface area contributed by atoms with Crippen molar-refractivity contribution in [1.29, 1.82) is 0 Å².